The Hall–Kier alpha value is -2.07. The Bertz CT molecular complexity index is 724. The van der Waals surface area contributed by atoms with Gasteiger partial charge in [0.15, 0.2) is 5.11 Å². The van der Waals surface area contributed by atoms with Gasteiger partial charge in [0, 0.05) is 19.1 Å². The first-order chi connectivity index (χ1) is 14.2. The van der Waals surface area contributed by atoms with Gasteiger partial charge in [-0.15, -0.1) is 0 Å². The van der Waals surface area contributed by atoms with Gasteiger partial charge in [0.05, 0.1) is 7.11 Å². The minimum Gasteiger partial charge on any atom is -0.497 e. The standard InChI is InChI=1S/C25H34N2OS/c1-28-24-16-14-22(15-17-24)20-27(19-18-21-10-6-5-7-11-21)25(29)26-23-12-8-3-2-4-9-13-23/h5-7,10-11,14-17,23H,2-4,8-9,12-13,18-20H2,1H3,(H,26,29). The van der Waals surface area contributed by atoms with Crippen molar-refractivity contribution in [1.29, 1.82) is 0 Å². The van der Waals surface area contributed by atoms with Crippen LogP contribution in [0, 0.1) is 0 Å². The van der Waals surface area contributed by atoms with Crippen molar-refractivity contribution in [2.75, 3.05) is 13.7 Å². The minimum absolute atomic E-state index is 0.512. The molecule has 1 saturated carbocycles. The molecule has 3 rings (SSSR count). The number of thiocarbonyl (C=S) groups is 1. The molecule has 0 atom stereocenters. The van der Waals surface area contributed by atoms with Crippen LogP contribution in [0.15, 0.2) is 54.6 Å². The summed E-state index contributed by atoms with van der Waals surface area (Å²) < 4.78 is 5.30. The largest absolute Gasteiger partial charge is 0.497 e. The summed E-state index contributed by atoms with van der Waals surface area (Å²) in [6.45, 7) is 1.73. The number of rotatable bonds is 7. The Kier molecular flexibility index (Phi) is 8.82. The molecule has 2 aromatic rings. The Morgan fingerprint density at radius 2 is 1.59 bits per heavy atom. The van der Waals surface area contributed by atoms with E-state index in [9.17, 15) is 0 Å². The topological polar surface area (TPSA) is 24.5 Å². The van der Waals surface area contributed by atoms with Crippen LogP contribution in [0.2, 0.25) is 0 Å². The SMILES string of the molecule is COc1ccc(CN(CCc2ccccc2)C(=S)NC2CCCCCCC2)cc1. The number of benzene rings is 2. The first kappa shape index (κ1) is 21.6. The summed E-state index contributed by atoms with van der Waals surface area (Å²) in [6, 6.07) is 19.5. The molecular weight excluding hydrogens is 376 g/mol. The van der Waals surface area contributed by atoms with Crippen LogP contribution in [0.5, 0.6) is 5.75 Å². The highest BCUT2D eigenvalue weighted by Gasteiger charge is 2.16. The lowest BCUT2D eigenvalue weighted by Crippen LogP contribution is -2.45. The molecular formula is C25H34N2OS. The number of nitrogens with zero attached hydrogens (tertiary/aromatic N) is 1. The fourth-order valence-corrected chi connectivity index (χ4v) is 4.30. The second-order valence-corrected chi connectivity index (χ2v) is 8.38. The van der Waals surface area contributed by atoms with Crippen molar-refractivity contribution in [2.45, 2.75) is 64.0 Å². The molecule has 0 unspecified atom stereocenters. The molecule has 2 aromatic carbocycles. The Morgan fingerprint density at radius 3 is 2.24 bits per heavy atom. The molecule has 3 nitrogen and oxygen atoms in total. The van der Waals surface area contributed by atoms with Crippen LogP contribution in [0.3, 0.4) is 0 Å². The number of hydrogen-bond acceptors (Lipinski definition) is 2. The van der Waals surface area contributed by atoms with Crippen molar-refractivity contribution >= 4 is 17.3 Å². The molecule has 0 heterocycles. The molecule has 1 aliphatic carbocycles. The number of methoxy groups -OCH3 is 1. The number of ether oxygens (including phenoxy) is 1. The third kappa shape index (κ3) is 7.36. The van der Waals surface area contributed by atoms with E-state index in [2.05, 4.69) is 52.7 Å². The lowest BCUT2D eigenvalue weighted by Gasteiger charge is -2.30. The van der Waals surface area contributed by atoms with Crippen LogP contribution in [-0.2, 0) is 13.0 Å². The van der Waals surface area contributed by atoms with Gasteiger partial charge in [-0.3, -0.25) is 0 Å². The maximum absolute atomic E-state index is 5.89. The van der Waals surface area contributed by atoms with Crippen molar-refractivity contribution < 1.29 is 4.74 Å². The molecule has 156 valence electrons. The van der Waals surface area contributed by atoms with Gasteiger partial charge in [-0.05, 0) is 54.7 Å². The van der Waals surface area contributed by atoms with Gasteiger partial charge in [-0.1, -0.05) is 74.6 Å². The third-order valence-corrected chi connectivity index (χ3v) is 6.14. The Morgan fingerprint density at radius 1 is 0.931 bits per heavy atom. The highest BCUT2D eigenvalue weighted by Crippen LogP contribution is 2.18. The highest BCUT2D eigenvalue weighted by molar-refractivity contribution is 7.80. The number of hydrogen-bond donors (Lipinski definition) is 1. The zero-order valence-electron chi connectivity index (χ0n) is 17.6. The van der Waals surface area contributed by atoms with Crippen molar-refractivity contribution in [2.24, 2.45) is 0 Å². The summed E-state index contributed by atoms with van der Waals surface area (Å²) >= 11 is 5.89. The van der Waals surface area contributed by atoms with Gasteiger partial charge < -0.3 is 15.0 Å². The van der Waals surface area contributed by atoms with Gasteiger partial charge >= 0.3 is 0 Å². The first-order valence-corrected chi connectivity index (χ1v) is 11.4. The third-order valence-electron chi connectivity index (χ3n) is 5.77. The van der Waals surface area contributed by atoms with Crippen molar-refractivity contribution in [3.63, 3.8) is 0 Å². The molecule has 0 aromatic heterocycles. The lowest BCUT2D eigenvalue weighted by atomic mass is 9.97. The van der Waals surface area contributed by atoms with Crippen LogP contribution in [0.25, 0.3) is 0 Å². The summed E-state index contributed by atoms with van der Waals surface area (Å²) in [5, 5.41) is 4.59. The molecule has 4 heteroatoms. The van der Waals surface area contributed by atoms with E-state index in [-0.39, 0.29) is 0 Å². The molecule has 0 spiro atoms. The van der Waals surface area contributed by atoms with Crippen LogP contribution in [-0.4, -0.2) is 29.7 Å². The van der Waals surface area contributed by atoms with E-state index in [1.165, 1.54) is 56.1 Å². The maximum atomic E-state index is 5.89. The normalized spacial score (nSPS) is 15.2. The minimum atomic E-state index is 0.512. The van der Waals surface area contributed by atoms with Gasteiger partial charge in [-0.2, -0.15) is 0 Å². The van der Waals surface area contributed by atoms with Crippen molar-refractivity contribution in [3.8, 4) is 5.75 Å². The van der Waals surface area contributed by atoms with Crippen molar-refractivity contribution in [1.82, 2.24) is 10.2 Å². The lowest BCUT2D eigenvalue weighted by molar-refractivity contribution is 0.376. The fourth-order valence-electron chi connectivity index (χ4n) is 3.98. The second kappa shape index (κ2) is 11.8. The maximum Gasteiger partial charge on any atom is 0.169 e. The predicted molar refractivity (Wildman–Crippen MR) is 125 cm³/mol. The first-order valence-electron chi connectivity index (χ1n) is 11.0. The van der Waals surface area contributed by atoms with Crippen molar-refractivity contribution in [3.05, 3.63) is 65.7 Å². The van der Waals surface area contributed by atoms with Gasteiger partial charge in [0.2, 0.25) is 0 Å². The van der Waals surface area contributed by atoms with E-state index in [0.29, 0.717) is 6.04 Å². The zero-order chi connectivity index (χ0) is 20.3. The summed E-state index contributed by atoms with van der Waals surface area (Å²) in [4.78, 5) is 2.32. The summed E-state index contributed by atoms with van der Waals surface area (Å²) in [5.41, 5.74) is 2.60. The van der Waals surface area contributed by atoms with E-state index < -0.39 is 0 Å². The van der Waals surface area contributed by atoms with Gasteiger partial charge in [-0.25, -0.2) is 0 Å². The van der Waals surface area contributed by atoms with Gasteiger partial charge in [0.1, 0.15) is 5.75 Å². The molecule has 0 amide bonds. The van der Waals surface area contributed by atoms with E-state index in [4.69, 9.17) is 17.0 Å². The predicted octanol–water partition coefficient (Wildman–Crippen LogP) is 5.73. The monoisotopic (exact) mass is 410 g/mol. The van der Waals surface area contributed by atoms with Crippen LogP contribution >= 0.6 is 12.2 Å². The summed E-state index contributed by atoms with van der Waals surface area (Å²) in [7, 11) is 1.70. The van der Waals surface area contributed by atoms with E-state index in [1.54, 1.807) is 7.11 Å². The highest BCUT2D eigenvalue weighted by atomic mass is 32.1. The molecule has 0 aliphatic heterocycles. The van der Waals surface area contributed by atoms with E-state index >= 15 is 0 Å². The Labute approximate surface area is 181 Å². The van der Waals surface area contributed by atoms with Crippen LogP contribution in [0.4, 0.5) is 0 Å². The quantitative estimate of drug-likeness (QED) is 0.589. The van der Waals surface area contributed by atoms with Gasteiger partial charge in [0.25, 0.3) is 0 Å². The molecule has 0 radical (unpaired) electrons. The van der Waals surface area contributed by atoms with Crippen LogP contribution in [0.1, 0.15) is 56.1 Å². The Balaban J connectivity index is 1.65. The number of nitrogens with one attached hydrogen (secondary N) is 1. The van der Waals surface area contributed by atoms with E-state index in [1.807, 2.05) is 12.1 Å². The zero-order valence-corrected chi connectivity index (χ0v) is 18.4. The summed E-state index contributed by atoms with van der Waals surface area (Å²) in [6.07, 6.45) is 10.2. The second-order valence-electron chi connectivity index (χ2n) is 8.00. The fraction of sp³-hybridized carbons (Fsp3) is 0.480. The molecule has 1 fully saturated rings. The molecule has 1 N–H and O–H groups in total. The molecule has 29 heavy (non-hydrogen) atoms. The average molecular weight is 411 g/mol. The average Bonchev–Trinajstić information content (AvgIpc) is 2.74. The molecule has 0 bridgehead atoms. The van der Waals surface area contributed by atoms with E-state index in [0.717, 1.165) is 30.4 Å². The molecule has 1 aliphatic rings. The van der Waals surface area contributed by atoms with Crippen LogP contribution < -0.4 is 10.1 Å². The summed E-state index contributed by atoms with van der Waals surface area (Å²) in [5.74, 6) is 0.889. The molecule has 0 saturated heterocycles. The smallest absolute Gasteiger partial charge is 0.169 e.